The van der Waals surface area contributed by atoms with E-state index in [1.807, 2.05) is 4.90 Å². The molecule has 1 amide bonds. The van der Waals surface area contributed by atoms with E-state index in [2.05, 4.69) is 5.16 Å². The van der Waals surface area contributed by atoms with E-state index in [1.165, 1.54) is 6.20 Å². The Morgan fingerprint density at radius 3 is 2.94 bits per heavy atom. The van der Waals surface area contributed by atoms with E-state index in [9.17, 15) is 4.79 Å². The van der Waals surface area contributed by atoms with Crippen LogP contribution < -0.4 is 0 Å². The highest BCUT2D eigenvalue weighted by Crippen LogP contribution is 2.39. The van der Waals surface area contributed by atoms with Crippen LogP contribution in [0.5, 0.6) is 0 Å². The number of carbonyl (C=O) groups is 1. The van der Waals surface area contributed by atoms with E-state index in [4.69, 9.17) is 9.26 Å². The van der Waals surface area contributed by atoms with Crippen LogP contribution in [0.2, 0.25) is 0 Å². The maximum absolute atomic E-state index is 12.3. The SMILES string of the molecule is CO[C@@H]1C[C@H]2C[C@H]1CN2C(=O)c1cnoc1C. The van der Waals surface area contributed by atoms with Gasteiger partial charge in [-0.1, -0.05) is 5.16 Å². The molecule has 2 fully saturated rings. The van der Waals surface area contributed by atoms with Gasteiger partial charge in [-0.25, -0.2) is 0 Å². The second-order valence-electron chi connectivity index (χ2n) is 4.91. The zero-order valence-corrected chi connectivity index (χ0v) is 10.0. The molecule has 2 bridgehead atoms. The lowest BCUT2D eigenvalue weighted by Gasteiger charge is -2.30. The summed E-state index contributed by atoms with van der Waals surface area (Å²) in [6.07, 6.45) is 3.86. The molecular weight excluding hydrogens is 220 g/mol. The third kappa shape index (κ3) is 1.57. The Labute approximate surface area is 99.7 Å². The van der Waals surface area contributed by atoms with Crippen molar-refractivity contribution >= 4 is 5.91 Å². The van der Waals surface area contributed by atoms with Gasteiger partial charge in [-0.3, -0.25) is 4.79 Å². The summed E-state index contributed by atoms with van der Waals surface area (Å²) in [5.41, 5.74) is 0.589. The van der Waals surface area contributed by atoms with Gasteiger partial charge in [0, 0.05) is 25.6 Å². The molecule has 0 N–H and O–H groups in total. The maximum atomic E-state index is 12.3. The van der Waals surface area contributed by atoms with Crippen LogP contribution in [0.4, 0.5) is 0 Å². The van der Waals surface area contributed by atoms with Gasteiger partial charge in [0.15, 0.2) is 0 Å². The zero-order valence-electron chi connectivity index (χ0n) is 10.0. The van der Waals surface area contributed by atoms with Gasteiger partial charge in [0.25, 0.3) is 5.91 Å². The highest BCUT2D eigenvalue weighted by Gasteiger charge is 2.47. The normalized spacial score (nSPS) is 31.2. The standard InChI is InChI=1S/C12H16N2O3/c1-7-10(5-13-17-7)12(15)14-6-8-3-9(14)4-11(8)16-2/h5,8-9,11H,3-4,6H2,1-2H3/t8-,9+,11+/m0/s1. The monoisotopic (exact) mass is 236 g/mol. The number of fused-ring (bicyclic) bond motifs is 2. The van der Waals surface area contributed by atoms with Gasteiger partial charge >= 0.3 is 0 Å². The molecule has 1 aliphatic carbocycles. The van der Waals surface area contributed by atoms with Crippen LogP contribution in [0.3, 0.4) is 0 Å². The number of aryl methyl sites for hydroxylation is 1. The van der Waals surface area contributed by atoms with Gasteiger partial charge in [0.2, 0.25) is 0 Å². The van der Waals surface area contributed by atoms with Crippen molar-refractivity contribution in [3.63, 3.8) is 0 Å². The van der Waals surface area contributed by atoms with E-state index in [0.29, 0.717) is 29.4 Å². The van der Waals surface area contributed by atoms with Gasteiger partial charge in [-0.2, -0.15) is 0 Å². The summed E-state index contributed by atoms with van der Waals surface area (Å²) < 4.78 is 10.4. The number of methoxy groups -OCH3 is 1. The van der Waals surface area contributed by atoms with E-state index >= 15 is 0 Å². The van der Waals surface area contributed by atoms with Crippen molar-refractivity contribution in [3.8, 4) is 0 Å². The first-order valence-corrected chi connectivity index (χ1v) is 5.95. The summed E-state index contributed by atoms with van der Waals surface area (Å²) in [6.45, 7) is 2.57. The Balaban J connectivity index is 1.77. The first kappa shape index (κ1) is 10.8. The van der Waals surface area contributed by atoms with Gasteiger partial charge in [-0.05, 0) is 19.8 Å². The summed E-state index contributed by atoms with van der Waals surface area (Å²) in [6, 6.07) is 0.326. The van der Waals surface area contributed by atoms with Crippen LogP contribution >= 0.6 is 0 Å². The Bertz CT molecular complexity index is 443. The molecule has 5 nitrogen and oxygen atoms in total. The molecule has 0 unspecified atom stereocenters. The van der Waals surface area contributed by atoms with Gasteiger partial charge in [-0.15, -0.1) is 0 Å². The Kier molecular flexibility index (Phi) is 2.43. The minimum atomic E-state index is 0.0470. The first-order valence-electron chi connectivity index (χ1n) is 5.95. The van der Waals surface area contributed by atoms with Crippen LogP contribution in [0.15, 0.2) is 10.7 Å². The number of ether oxygens (including phenoxy) is 1. The number of nitrogens with zero attached hydrogens (tertiary/aromatic N) is 2. The van der Waals surface area contributed by atoms with Crippen molar-refractivity contribution in [2.24, 2.45) is 5.92 Å². The van der Waals surface area contributed by atoms with Crippen LogP contribution in [0, 0.1) is 12.8 Å². The fourth-order valence-corrected chi connectivity index (χ4v) is 3.10. The topological polar surface area (TPSA) is 55.6 Å². The second kappa shape index (κ2) is 3.84. The molecule has 3 rings (SSSR count). The maximum Gasteiger partial charge on any atom is 0.259 e. The minimum absolute atomic E-state index is 0.0470. The summed E-state index contributed by atoms with van der Waals surface area (Å²) in [5.74, 6) is 1.14. The highest BCUT2D eigenvalue weighted by atomic mass is 16.5. The van der Waals surface area contributed by atoms with Crippen molar-refractivity contribution in [3.05, 3.63) is 17.5 Å². The molecule has 0 radical (unpaired) electrons. The van der Waals surface area contributed by atoms with E-state index in [0.717, 1.165) is 19.4 Å². The lowest BCUT2D eigenvalue weighted by molar-refractivity contribution is 0.0294. The molecule has 3 atom stereocenters. The molecule has 92 valence electrons. The summed E-state index contributed by atoms with van der Waals surface area (Å²) in [5, 5.41) is 3.66. The van der Waals surface area contributed by atoms with Crippen LogP contribution in [-0.4, -0.2) is 41.8 Å². The molecule has 2 heterocycles. The molecule has 2 aliphatic rings. The lowest BCUT2D eigenvalue weighted by atomic mass is 10.1. The van der Waals surface area contributed by atoms with Crippen molar-refractivity contribution in [1.82, 2.24) is 10.1 Å². The number of hydrogen-bond acceptors (Lipinski definition) is 4. The molecule has 17 heavy (non-hydrogen) atoms. The number of carbonyl (C=O) groups excluding carboxylic acids is 1. The van der Waals surface area contributed by atoms with Crippen LogP contribution in [0.25, 0.3) is 0 Å². The van der Waals surface area contributed by atoms with Gasteiger partial charge < -0.3 is 14.2 Å². The summed E-state index contributed by atoms with van der Waals surface area (Å²) >= 11 is 0. The molecule has 1 saturated heterocycles. The predicted octanol–water partition coefficient (Wildman–Crippen LogP) is 1.23. The van der Waals surface area contributed by atoms with Crippen molar-refractivity contribution < 1.29 is 14.1 Å². The third-order valence-corrected chi connectivity index (χ3v) is 4.02. The number of aromatic nitrogens is 1. The Morgan fingerprint density at radius 1 is 1.59 bits per heavy atom. The fourth-order valence-electron chi connectivity index (χ4n) is 3.10. The molecule has 0 spiro atoms. The zero-order chi connectivity index (χ0) is 12.0. The number of amides is 1. The van der Waals surface area contributed by atoms with Crippen molar-refractivity contribution in [2.75, 3.05) is 13.7 Å². The lowest BCUT2D eigenvalue weighted by Crippen LogP contribution is -2.42. The second-order valence-corrected chi connectivity index (χ2v) is 4.91. The number of hydrogen-bond donors (Lipinski definition) is 0. The van der Waals surface area contributed by atoms with E-state index in [1.54, 1.807) is 14.0 Å². The van der Waals surface area contributed by atoms with Crippen LogP contribution in [-0.2, 0) is 4.74 Å². The smallest absolute Gasteiger partial charge is 0.259 e. The van der Waals surface area contributed by atoms with Crippen LogP contribution in [0.1, 0.15) is 29.0 Å². The van der Waals surface area contributed by atoms with E-state index in [-0.39, 0.29) is 5.91 Å². The van der Waals surface area contributed by atoms with Crippen molar-refractivity contribution in [1.29, 1.82) is 0 Å². The third-order valence-electron chi connectivity index (χ3n) is 4.02. The number of piperidine rings is 1. The molecule has 0 aromatic carbocycles. The number of likely N-dealkylation sites (tertiary alicyclic amines) is 1. The quantitative estimate of drug-likeness (QED) is 0.775. The fraction of sp³-hybridized carbons (Fsp3) is 0.667. The highest BCUT2D eigenvalue weighted by molar-refractivity contribution is 5.95. The molecule has 1 aromatic rings. The minimum Gasteiger partial charge on any atom is -0.381 e. The molecule has 1 aromatic heterocycles. The molecular formula is C12H16N2O3. The average molecular weight is 236 g/mol. The molecule has 1 aliphatic heterocycles. The van der Waals surface area contributed by atoms with Gasteiger partial charge in [0.1, 0.15) is 11.3 Å². The molecule has 5 heteroatoms. The van der Waals surface area contributed by atoms with Crippen molar-refractivity contribution in [2.45, 2.75) is 31.9 Å². The Hall–Kier alpha value is -1.36. The summed E-state index contributed by atoms with van der Waals surface area (Å²) in [4.78, 5) is 14.2. The average Bonchev–Trinajstić information content (AvgIpc) is 3.01. The predicted molar refractivity (Wildman–Crippen MR) is 59.6 cm³/mol. The largest absolute Gasteiger partial charge is 0.381 e. The van der Waals surface area contributed by atoms with Gasteiger partial charge in [0.05, 0.1) is 12.3 Å². The van der Waals surface area contributed by atoms with E-state index < -0.39 is 0 Å². The summed E-state index contributed by atoms with van der Waals surface area (Å²) in [7, 11) is 1.75. The molecule has 1 saturated carbocycles. The first-order chi connectivity index (χ1) is 8.20. The Morgan fingerprint density at radius 2 is 2.41 bits per heavy atom. The number of rotatable bonds is 2.